The van der Waals surface area contributed by atoms with E-state index < -0.39 is 10.0 Å². The quantitative estimate of drug-likeness (QED) is 0.779. The highest BCUT2D eigenvalue weighted by molar-refractivity contribution is 7.89. The van der Waals surface area contributed by atoms with Crippen molar-refractivity contribution in [3.8, 4) is 0 Å². The summed E-state index contributed by atoms with van der Waals surface area (Å²) in [5.74, 6) is 1.44. The van der Waals surface area contributed by atoms with Crippen molar-refractivity contribution >= 4 is 27.2 Å². The molecule has 0 bridgehead atoms. The second-order valence-corrected chi connectivity index (χ2v) is 8.63. The van der Waals surface area contributed by atoms with E-state index in [2.05, 4.69) is 20.0 Å². The van der Waals surface area contributed by atoms with Crippen LogP contribution in [0.5, 0.6) is 0 Å². The van der Waals surface area contributed by atoms with Crippen LogP contribution in [0.15, 0.2) is 11.0 Å². The molecule has 0 spiro atoms. The predicted octanol–water partition coefficient (Wildman–Crippen LogP) is 2.47. The van der Waals surface area contributed by atoms with Gasteiger partial charge in [-0.2, -0.15) is 0 Å². The van der Waals surface area contributed by atoms with Gasteiger partial charge in [-0.3, -0.25) is 0 Å². The monoisotopic (exact) mass is 354 g/mol. The summed E-state index contributed by atoms with van der Waals surface area (Å²) in [5.41, 5.74) is 1.90. The summed E-state index contributed by atoms with van der Waals surface area (Å²) in [4.78, 5) is 10.8. The Kier molecular flexibility index (Phi) is 5.38. The Morgan fingerprint density at radius 2 is 1.78 bits per heavy atom. The van der Waals surface area contributed by atoms with Crippen LogP contribution >= 0.6 is 11.3 Å². The lowest BCUT2D eigenvalue weighted by molar-refractivity contribution is 0.582. The molecule has 2 N–H and O–H groups in total. The topological polar surface area (TPSA) is 84.0 Å². The average Bonchev–Trinajstić information content (AvgIpc) is 2.79. The maximum absolute atomic E-state index is 12.3. The molecular formula is C15H22N4O2S2. The zero-order valence-corrected chi connectivity index (χ0v) is 15.7. The first-order valence-electron chi connectivity index (χ1n) is 7.33. The molecule has 0 aliphatic heterocycles. The number of thiophene rings is 1. The van der Waals surface area contributed by atoms with Crippen molar-refractivity contribution in [1.29, 1.82) is 0 Å². The molecule has 0 amide bonds. The van der Waals surface area contributed by atoms with Gasteiger partial charge in [0.25, 0.3) is 0 Å². The fourth-order valence-electron chi connectivity index (χ4n) is 2.26. The van der Waals surface area contributed by atoms with E-state index in [1.807, 2.05) is 34.6 Å². The standard InChI is InChI=1S/C15H22N4O2S2/c1-9-8-14(12(4)22-9)23(20,21)17-7-6-16-15-10(2)11(3)18-13(5)19-15/h8,17H,6-7H2,1-5H3,(H,16,18,19). The van der Waals surface area contributed by atoms with Gasteiger partial charge >= 0.3 is 0 Å². The van der Waals surface area contributed by atoms with Crippen LogP contribution in [-0.2, 0) is 10.0 Å². The molecule has 8 heteroatoms. The summed E-state index contributed by atoms with van der Waals surface area (Å²) in [5, 5.41) is 3.16. The summed E-state index contributed by atoms with van der Waals surface area (Å²) >= 11 is 1.49. The van der Waals surface area contributed by atoms with Crippen molar-refractivity contribution in [2.24, 2.45) is 0 Å². The van der Waals surface area contributed by atoms with Gasteiger partial charge in [0.2, 0.25) is 10.0 Å². The lowest BCUT2D eigenvalue weighted by Gasteiger charge is -2.11. The van der Waals surface area contributed by atoms with Gasteiger partial charge in [0.1, 0.15) is 11.6 Å². The summed E-state index contributed by atoms with van der Waals surface area (Å²) in [6.07, 6.45) is 0. The number of sulfonamides is 1. The first-order chi connectivity index (χ1) is 10.7. The first kappa shape index (κ1) is 17.8. The Morgan fingerprint density at radius 1 is 1.09 bits per heavy atom. The number of hydrogen-bond acceptors (Lipinski definition) is 6. The van der Waals surface area contributed by atoms with Crippen LogP contribution in [0.4, 0.5) is 5.82 Å². The maximum atomic E-state index is 12.3. The van der Waals surface area contributed by atoms with E-state index in [1.54, 1.807) is 6.07 Å². The minimum Gasteiger partial charge on any atom is -0.368 e. The molecule has 0 radical (unpaired) electrons. The highest BCUT2D eigenvalue weighted by atomic mass is 32.2. The minimum absolute atomic E-state index is 0.290. The molecule has 2 rings (SSSR count). The zero-order valence-electron chi connectivity index (χ0n) is 14.0. The van der Waals surface area contributed by atoms with Crippen LogP contribution in [0, 0.1) is 34.6 Å². The van der Waals surface area contributed by atoms with Crippen LogP contribution in [0.1, 0.15) is 26.8 Å². The molecule has 0 saturated heterocycles. The van der Waals surface area contributed by atoms with E-state index in [0.29, 0.717) is 17.3 Å². The average molecular weight is 355 g/mol. The Hall–Kier alpha value is -1.51. The number of aryl methyl sites for hydroxylation is 4. The van der Waals surface area contributed by atoms with Gasteiger partial charge < -0.3 is 5.32 Å². The normalized spacial score (nSPS) is 11.7. The SMILES string of the molecule is Cc1nc(C)c(C)c(NCCNS(=O)(=O)c2cc(C)sc2C)n1. The third-order valence-electron chi connectivity index (χ3n) is 3.50. The molecule has 23 heavy (non-hydrogen) atoms. The van der Waals surface area contributed by atoms with Gasteiger partial charge in [-0.15, -0.1) is 11.3 Å². The molecule has 6 nitrogen and oxygen atoms in total. The Morgan fingerprint density at radius 3 is 2.39 bits per heavy atom. The van der Waals surface area contributed by atoms with Gasteiger partial charge in [-0.25, -0.2) is 23.1 Å². The Balaban J connectivity index is 1.97. The van der Waals surface area contributed by atoms with Crippen molar-refractivity contribution < 1.29 is 8.42 Å². The molecular weight excluding hydrogens is 332 g/mol. The zero-order chi connectivity index (χ0) is 17.2. The molecule has 2 heterocycles. The second-order valence-electron chi connectivity index (χ2n) is 5.43. The van der Waals surface area contributed by atoms with E-state index in [0.717, 1.165) is 26.8 Å². The molecule has 126 valence electrons. The number of nitrogens with one attached hydrogen (secondary N) is 2. The van der Waals surface area contributed by atoms with Gasteiger partial charge in [-0.05, 0) is 40.7 Å². The number of nitrogens with zero attached hydrogens (tertiary/aromatic N) is 2. The summed E-state index contributed by atoms with van der Waals surface area (Å²) in [6.45, 7) is 10.2. The summed E-state index contributed by atoms with van der Waals surface area (Å²) < 4.78 is 27.2. The van der Waals surface area contributed by atoms with Crippen LogP contribution in [0.25, 0.3) is 0 Å². The second kappa shape index (κ2) is 6.94. The summed E-state index contributed by atoms with van der Waals surface area (Å²) in [7, 11) is -3.46. The molecule has 2 aromatic heterocycles. The molecule has 0 atom stereocenters. The van der Waals surface area contributed by atoms with E-state index in [9.17, 15) is 8.42 Å². The molecule has 0 aliphatic rings. The van der Waals surface area contributed by atoms with Crippen molar-refractivity contribution in [1.82, 2.24) is 14.7 Å². The fourth-order valence-corrected chi connectivity index (χ4v) is 4.84. The first-order valence-corrected chi connectivity index (χ1v) is 9.63. The predicted molar refractivity (Wildman–Crippen MR) is 93.7 cm³/mol. The molecule has 0 aliphatic carbocycles. The fraction of sp³-hybridized carbons (Fsp3) is 0.467. The lowest BCUT2D eigenvalue weighted by atomic mass is 10.2. The highest BCUT2D eigenvalue weighted by Crippen LogP contribution is 2.24. The van der Waals surface area contributed by atoms with Gasteiger partial charge in [0, 0.05) is 34.1 Å². The molecule has 0 aromatic carbocycles. The molecule has 0 saturated carbocycles. The number of anilines is 1. The van der Waals surface area contributed by atoms with Crippen LogP contribution in [0.2, 0.25) is 0 Å². The van der Waals surface area contributed by atoms with Crippen LogP contribution < -0.4 is 10.0 Å². The highest BCUT2D eigenvalue weighted by Gasteiger charge is 2.18. The minimum atomic E-state index is -3.46. The molecule has 2 aromatic rings. The van der Waals surface area contributed by atoms with Crippen LogP contribution in [-0.4, -0.2) is 31.5 Å². The van der Waals surface area contributed by atoms with Gasteiger partial charge in [-0.1, -0.05) is 0 Å². The van der Waals surface area contributed by atoms with Crippen molar-refractivity contribution in [2.45, 2.75) is 39.5 Å². The van der Waals surface area contributed by atoms with Crippen molar-refractivity contribution in [3.05, 3.63) is 32.9 Å². The van der Waals surface area contributed by atoms with Gasteiger partial charge in [0.05, 0.1) is 4.90 Å². The largest absolute Gasteiger partial charge is 0.368 e. The number of aromatic nitrogens is 2. The van der Waals surface area contributed by atoms with E-state index in [1.165, 1.54) is 11.3 Å². The van der Waals surface area contributed by atoms with E-state index in [-0.39, 0.29) is 6.54 Å². The van der Waals surface area contributed by atoms with E-state index in [4.69, 9.17) is 0 Å². The van der Waals surface area contributed by atoms with Crippen LogP contribution in [0.3, 0.4) is 0 Å². The smallest absolute Gasteiger partial charge is 0.241 e. The number of hydrogen-bond donors (Lipinski definition) is 2. The van der Waals surface area contributed by atoms with E-state index >= 15 is 0 Å². The van der Waals surface area contributed by atoms with Gasteiger partial charge in [0.15, 0.2) is 0 Å². The molecule has 0 fully saturated rings. The Bertz CT molecular complexity index is 813. The number of rotatable bonds is 6. The third-order valence-corrected chi connectivity index (χ3v) is 6.18. The third kappa shape index (κ3) is 4.27. The summed E-state index contributed by atoms with van der Waals surface area (Å²) in [6, 6.07) is 1.71. The van der Waals surface area contributed by atoms with Crippen molar-refractivity contribution in [3.63, 3.8) is 0 Å². The molecule has 0 unspecified atom stereocenters. The van der Waals surface area contributed by atoms with Crippen molar-refractivity contribution in [2.75, 3.05) is 18.4 Å². The Labute approximate surface area is 141 Å². The maximum Gasteiger partial charge on any atom is 0.241 e. The lowest BCUT2D eigenvalue weighted by Crippen LogP contribution is -2.29.